The van der Waals surface area contributed by atoms with E-state index in [0.717, 1.165) is 34.5 Å². The van der Waals surface area contributed by atoms with Gasteiger partial charge >= 0.3 is 0 Å². The maximum atomic E-state index is 10.7. The van der Waals surface area contributed by atoms with Crippen LogP contribution in [0.3, 0.4) is 0 Å². The molecule has 110 valence electrons. The standard InChI is InChI=1S/C14H15BrN4O2/c1-3-11-12(15)14(16-4-2)18-13(17-11)9-5-7-10(8-6-9)19(20)21/h5-8H,3-4H2,1-2H3,(H,16,17,18). The largest absolute Gasteiger partial charge is 0.369 e. The Kier molecular flexibility index (Phi) is 4.85. The number of nitrogens with zero attached hydrogens (tertiary/aromatic N) is 3. The average Bonchev–Trinajstić information content (AvgIpc) is 2.49. The second kappa shape index (κ2) is 6.62. The van der Waals surface area contributed by atoms with Gasteiger partial charge in [0.15, 0.2) is 5.82 Å². The number of rotatable bonds is 5. The predicted octanol–water partition coefficient (Wildman–Crippen LogP) is 3.81. The van der Waals surface area contributed by atoms with Crippen molar-refractivity contribution in [2.24, 2.45) is 0 Å². The number of nitrogens with one attached hydrogen (secondary N) is 1. The molecule has 0 spiro atoms. The van der Waals surface area contributed by atoms with Crippen molar-refractivity contribution in [3.63, 3.8) is 0 Å². The summed E-state index contributed by atoms with van der Waals surface area (Å²) in [5.74, 6) is 1.29. The van der Waals surface area contributed by atoms with Crippen LogP contribution in [0.4, 0.5) is 11.5 Å². The van der Waals surface area contributed by atoms with E-state index in [-0.39, 0.29) is 5.69 Å². The predicted molar refractivity (Wildman–Crippen MR) is 85.4 cm³/mol. The lowest BCUT2D eigenvalue weighted by Gasteiger charge is -2.11. The highest BCUT2D eigenvalue weighted by molar-refractivity contribution is 9.10. The molecule has 0 unspecified atom stereocenters. The van der Waals surface area contributed by atoms with Gasteiger partial charge in [-0.25, -0.2) is 9.97 Å². The monoisotopic (exact) mass is 350 g/mol. The molecule has 0 saturated carbocycles. The van der Waals surface area contributed by atoms with E-state index in [1.54, 1.807) is 12.1 Å². The molecule has 2 aromatic rings. The second-order valence-corrected chi connectivity index (χ2v) is 5.14. The third-order valence-corrected chi connectivity index (χ3v) is 3.77. The molecule has 2 rings (SSSR count). The van der Waals surface area contributed by atoms with Gasteiger partial charge in [0.2, 0.25) is 0 Å². The molecule has 0 saturated heterocycles. The summed E-state index contributed by atoms with van der Waals surface area (Å²) in [7, 11) is 0. The smallest absolute Gasteiger partial charge is 0.269 e. The molecule has 7 heteroatoms. The van der Waals surface area contributed by atoms with Crippen molar-refractivity contribution >= 4 is 27.4 Å². The fourth-order valence-electron chi connectivity index (χ4n) is 1.87. The maximum absolute atomic E-state index is 10.7. The molecule has 0 atom stereocenters. The minimum absolute atomic E-state index is 0.0542. The Morgan fingerprint density at radius 3 is 2.43 bits per heavy atom. The fourth-order valence-corrected chi connectivity index (χ4v) is 2.47. The summed E-state index contributed by atoms with van der Waals surface area (Å²) in [6, 6.07) is 6.24. The average molecular weight is 351 g/mol. The Bertz CT molecular complexity index is 659. The van der Waals surface area contributed by atoms with Crippen LogP contribution in [-0.2, 0) is 6.42 Å². The van der Waals surface area contributed by atoms with E-state index in [1.165, 1.54) is 12.1 Å². The number of hydrogen-bond acceptors (Lipinski definition) is 5. The first-order valence-electron chi connectivity index (χ1n) is 6.61. The van der Waals surface area contributed by atoms with E-state index >= 15 is 0 Å². The summed E-state index contributed by atoms with van der Waals surface area (Å²) in [5, 5.41) is 13.9. The Morgan fingerprint density at radius 2 is 1.90 bits per heavy atom. The van der Waals surface area contributed by atoms with Gasteiger partial charge in [0, 0.05) is 24.2 Å². The highest BCUT2D eigenvalue weighted by Gasteiger charge is 2.13. The highest BCUT2D eigenvalue weighted by Crippen LogP contribution is 2.28. The Labute approximate surface area is 130 Å². The van der Waals surface area contributed by atoms with Gasteiger partial charge in [-0.05, 0) is 41.4 Å². The molecule has 0 amide bonds. The van der Waals surface area contributed by atoms with Gasteiger partial charge in [-0.3, -0.25) is 10.1 Å². The minimum atomic E-state index is -0.423. The van der Waals surface area contributed by atoms with Gasteiger partial charge < -0.3 is 5.32 Å². The van der Waals surface area contributed by atoms with Crippen molar-refractivity contribution in [3.05, 3.63) is 44.5 Å². The molecule has 0 fully saturated rings. The van der Waals surface area contributed by atoms with E-state index in [4.69, 9.17) is 0 Å². The SMILES string of the molecule is CCNc1nc(-c2ccc([N+](=O)[O-])cc2)nc(CC)c1Br. The number of aromatic nitrogens is 2. The lowest BCUT2D eigenvalue weighted by molar-refractivity contribution is -0.384. The molecule has 1 aromatic carbocycles. The van der Waals surface area contributed by atoms with Crippen LogP contribution in [0.15, 0.2) is 28.7 Å². The number of nitro groups is 1. The van der Waals surface area contributed by atoms with E-state index < -0.39 is 4.92 Å². The molecule has 1 heterocycles. The van der Waals surface area contributed by atoms with Gasteiger partial charge in [-0.15, -0.1) is 0 Å². The van der Waals surface area contributed by atoms with Crippen molar-refractivity contribution in [1.82, 2.24) is 9.97 Å². The Morgan fingerprint density at radius 1 is 1.24 bits per heavy atom. The molecule has 0 radical (unpaired) electrons. The van der Waals surface area contributed by atoms with Crippen molar-refractivity contribution in [3.8, 4) is 11.4 Å². The zero-order valence-corrected chi connectivity index (χ0v) is 13.3. The molecule has 0 aliphatic rings. The number of anilines is 1. The van der Waals surface area contributed by atoms with E-state index in [9.17, 15) is 10.1 Å². The van der Waals surface area contributed by atoms with Crippen molar-refractivity contribution in [2.45, 2.75) is 20.3 Å². The first-order chi connectivity index (χ1) is 10.1. The van der Waals surface area contributed by atoms with Crippen LogP contribution in [0.25, 0.3) is 11.4 Å². The summed E-state index contributed by atoms with van der Waals surface area (Å²) >= 11 is 3.50. The second-order valence-electron chi connectivity index (χ2n) is 4.34. The topological polar surface area (TPSA) is 81.0 Å². The first-order valence-corrected chi connectivity index (χ1v) is 7.41. The van der Waals surface area contributed by atoms with Gasteiger partial charge in [-0.2, -0.15) is 0 Å². The van der Waals surface area contributed by atoms with Crippen LogP contribution < -0.4 is 5.32 Å². The molecule has 0 aliphatic carbocycles. The summed E-state index contributed by atoms with van der Waals surface area (Å²) in [4.78, 5) is 19.3. The maximum Gasteiger partial charge on any atom is 0.269 e. The Balaban J connectivity index is 2.47. The Hall–Kier alpha value is -2.02. The fraction of sp³-hybridized carbons (Fsp3) is 0.286. The van der Waals surface area contributed by atoms with Gasteiger partial charge in [-0.1, -0.05) is 6.92 Å². The molecule has 0 bridgehead atoms. The van der Waals surface area contributed by atoms with Gasteiger partial charge in [0.05, 0.1) is 15.1 Å². The van der Waals surface area contributed by atoms with E-state index in [0.29, 0.717) is 5.82 Å². The van der Waals surface area contributed by atoms with Crippen molar-refractivity contribution in [1.29, 1.82) is 0 Å². The third kappa shape index (κ3) is 3.36. The van der Waals surface area contributed by atoms with Crippen LogP contribution in [-0.4, -0.2) is 21.4 Å². The molecule has 1 aromatic heterocycles. The number of nitro benzene ring substituents is 1. The van der Waals surface area contributed by atoms with Crippen molar-refractivity contribution in [2.75, 3.05) is 11.9 Å². The van der Waals surface area contributed by atoms with Crippen LogP contribution in [0.2, 0.25) is 0 Å². The van der Waals surface area contributed by atoms with Gasteiger partial charge in [0.1, 0.15) is 5.82 Å². The lowest BCUT2D eigenvalue weighted by atomic mass is 10.2. The summed E-state index contributed by atoms with van der Waals surface area (Å²) in [6.07, 6.45) is 0.765. The first kappa shape index (κ1) is 15.4. The molecule has 21 heavy (non-hydrogen) atoms. The summed E-state index contributed by atoms with van der Waals surface area (Å²) in [5.41, 5.74) is 1.70. The number of halogens is 1. The number of benzene rings is 1. The molecule has 6 nitrogen and oxygen atoms in total. The summed E-state index contributed by atoms with van der Waals surface area (Å²) < 4.78 is 0.859. The molecule has 0 aliphatic heterocycles. The van der Waals surface area contributed by atoms with Crippen LogP contribution >= 0.6 is 15.9 Å². The van der Waals surface area contributed by atoms with E-state index in [1.807, 2.05) is 13.8 Å². The zero-order valence-electron chi connectivity index (χ0n) is 11.8. The minimum Gasteiger partial charge on any atom is -0.369 e. The quantitative estimate of drug-likeness (QED) is 0.654. The number of non-ortho nitro benzene ring substituents is 1. The normalized spacial score (nSPS) is 10.4. The van der Waals surface area contributed by atoms with Crippen molar-refractivity contribution < 1.29 is 4.92 Å². The van der Waals surface area contributed by atoms with Crippen LogP contribution in [0, 0.1) is 10.1 Å². The molecular formula is C14H15BrN4O2. The van der Waals surface area contributed by atoms with E-state index in [2.05, 4.69) is 31.2 Å². The zero-order chi connectivity index (χ0) is 15.4. The number of aryl methyl sites for hydroxylation is 1. The summed E-state index contributed by atoms with van der Waals surface area (Å²) in [6.45, 7) is 4.76. The van der Waals surface area contributed by atoms with Crippen LogP contribution in [0.1, 0.15) is 19.5 Å². The highest BCUT2D eigenvalue weighted by atomic mass is 79.9. The lowest BCUT2D eigenvalue weighted by Crippen LogP contribution is -2.05. The molecular weight excluding hydrogens is 336 g/mol. The molecule has 1 N–H and O–H groups in total. The van der Waals surface area contributed by atoms with Gasteiger partial charge in [0.25, 0.3) is 5.69 Å². The number of hydrogen-bond donors (Lipinski definition) is 1. The van der Waals surface area contributed by atoms with Crippen LogP contribution in [0.5, 0.6) is 0 Å². The third-order valence-electron chi connectivity index (χ3n) is 2.94.